The van der Waals surface area contributed by atoms with Gasteiger partial charge in [-0.3, -0.25) is 4.79 Å². The van der Waals surface area contributed by atoms with Crippen molar-refractivity contribution in [3.8, 4) is 11.5 Å². The Morgan fingerprint density at radius 1 is 1.00 bits per heavy atom. The highest BCUT2D eigenvalue weighted by Gasteiger charge is 2.09. The number of hydrogen-bond donors (Lipinski definition) is 1. The van der Waals surface area contributed by atoms with Crippen molar-refractivity contribution in [3.05, 3.63) is 65.4 Å². The molecule has 2 rings (SSSR count). The van der Waals surface area contributed by atoms with Gasteiger partial charge in [0.05, 0.1) is 14.2 Å². The van der Waals surface area contributed by atoms with E-state index in [4.69, 9.17) is 9.47 Å². The Hall–Kier alpha value is -2.75. The second kappa shape index (κ2) is 8.92. The third kappa shape index (κ3) is 4.41. The van der Waals surface area contributed by atoms with Gasteiger partial charge in [0.15, 0.2) is 17.3 Å². The van der Waals surface area contributed by atoms with Crippen molar-refractivity contribution in [1.29, 1.82) is 0 Å². The molecule has 132 valence electrons. The number of anilines is 1. The van der Waals surface area contributed by atoms with Crippen LogP contribution in [0.4, 0.5) is 5.69 Å². The summed E-state index contributed by atoms with van der Waals surface area (Å²) < 4.78 is 10.4. The predicted octanol–water partition coefficient (Wildman–Crippen LogP) is 4.64. The average Bonchev–Trinajstić information content (AvgIpc) is 2.67. The highest BCUT2D eigenvalue weighted by molar-refractivity contribution is 6.05. The molecule has 0 heterocycles. The molecule has 0 aliphatic heterocycles. The van der Waals surface area contributed by atoms with Crippen molar-refractivity contribution in [2.24, 2.45) is 0 Å². The fourth-order valence-electron chi connectivity index (χ4n) is 2.71. The number of para-hydroxylation sites is 1. The molecule has 0 aliphatic rings. The smallest absolute Gasteiger partial charge is 0.187 e. The minimum absolute atomic E-state index is 0.0968. The first-order valence-electron chi connectivity index (χ1n) is 8.44. The lowest BCUT2D eigenvalue weighted by Gasteiger charge is -2.12. The summed E-state index contributed by atoms with van der Waals surface area (Å²) in [5.41, 5.74) is 4.11. The number of aryl methyl sites for hydroxylation is 2. The van der Waals surface area contributed by atoms with Crippen LogP contribution in [0.5, 0.6) is 11.5 Å². The monoisotopic (exact) mass is 339 g/mol. The SMILES string of the molecule is CCc1cccc(CC)c1NC=CC(=O)c1ccc(OC)c(OC)c1. The molecule has 1 N–H and O–H groups in total. The van der Waals surface area contributed by atoms with Gasteiger partial charge in [-0.05, 0) is 42.2 Å². The number of carbonyl (C=O) groups is 1. The summed E-state index contributed by atoms with van der Waals surface area (Å²) in [5, 5.41) is 3.28. The van der Waals surface area contributed by atoms with Crippen LogP contribution < -0.4 is 14.8 Å². The molecule has 2 aromatic carbocycles. The number of hydrogen-bond acceptors (Lipinski definition) is 4. The number of allylic oxidation sites excluding steroid dienone is 1. The van der Waals surface area contributed by atoms with E-state index in [0.717, 1.165) is 18.5 Å². The summed E-state index contributed by atoms with van der Waals surface area (Å²) in [5.74, 6) is 1.05. The quantitative estimate of drug-likeness (QED) is 0.562. The molecule has 0 aliphatic carbocycles. The van der Waals surface area contributed by atoms with Crippen LogP contribution in [0.15, 0.2) is 48.7 Å². The van der Waals surface area contributed by atoms with E-state index in [1.54, 1.807) is 38.6 Å². The lowest BCUT2D eigenvalue weighted by molar-refractivity contribution is 0.104. The summed E-state index contributed by atoms with van der Waals surface area (Å²) >= 11 is 0. The zero-order valence-corrected chi connectivity index (χ0v) is 15.3. The summed E-state index contributed by atoms with van der Waals surface area (Å²) in [6.07, 6.45) is 5.11. The van der Waals surface area contributed by atoms with Crippen LogP contribution in [-0.2, 0) is 12.8 Å². The molecule has 4 heteroatoms. The molecule has 4 nitrogen and oxygen atoms in total. The molecular formula is C21H25NO3. The van der Waals surface area contributed by atoms with Crippen LogP contribution in [0.25, 0.3) is 0 Å². The largest absolute Gasteiger partial charge is 0.493 e. The topological polar surface area (TPSA) is 47.6 Å². The first-order valence-corrected chi connectivity index (χ1v) is 8.44. The molecule has 2 aromatic rings. The normalized spacial score (nSPS) is 10.7. The van der Waals surface area contributed by atoms with Gasteiger partial charge in [-0.1, -0.05) is 32.0 Å². The summed E-state index contributed by atoms with van der Waals surface area (Å²) in [6.45, 7) is 4.25. The van der Waals surface area contributed by atoms with E-state index in [1.165, 1.54) is 17.2 Å². The molecule has 0 saturated heterocycles. The number of benzene rings is 2. The molecule has 0 saturated carbocycles. The molecule has 0 aromatic heterocycles. The van der Waals surface area contributed by atoms with E-state index in [2.05, 4.69) is 37.4 Å². The lowest BCUT2D eigenvalue weighted by Crippen LogP contribution is -2.01. The number of ketones is 1. The van der Waals surface area contributed by atoms with Crippen LogP contribution in [0.2, 0.25) is 0 Å². The van der Waals surface area contributed by atoms with E-state index >= 15 is 0 Å². The van der Waals surface area contributed by atoms with Gasteiger partial charge in [0.2, 0.25) is 0 Å². The zero-order chi connectivity index (χ0) is 18.2. The first-order chi connectivity index (χ1) is 12.1. The minimum Gasteiger partial charge on any atom is -0.493 e. The Bertz CT molecular complexity index is 743. The van der Waals surface area contributed by atoms with Crippen molar-refractivity contribution in [2.75, 3.05) is 19.5 Å². The summed E-state index contributed by atoms with van der Waals surface area (Å²) in [4.78, 5) is 12.4. The van der Waals surface area contributed by atoms with Gasteiger partial charge in [0.25, 0.3) is 0 Å². The number of nitrogens with one attached hydrogen (secondary N) is 1. The summed E-state index contributed by atoms with van der Waals surface area (Å²) in [6, 6.07) is 11.4. The number of ether oxygens (including phenoxy) is 2. The molecule has 25 heavy (non-hydrogen) atoms. The Kier molecular flexibility index (Phi) is 6.63. The second-order valence-corrected chi connectivity index (χ2v) is 5.57. The van der Waals surface area contributed by atoms with Crippen LogP contribution in [0.3, 0.4) is 0 Å². The van der Waals surface area contributed by atoms with Gasteiger partial charge < -0.3 is 14.8 Å². The number of methoxy groups -OCH3 is 2. The van der Waals surface area contributed by atoms with Gasteiger partial charge in [0.1, 0.15) is 0 Å². The fraction of sp³-hybridized carbons (Fsp3) is 0.286. The fourth-order valence-corrected chi connectivity index (χ4v) is 2.71. The lowest BCUT2D eigenvalue weighted by atomic mass is 10.0. The third-order valence-corrected chi connectivity index (χ3v) is 4.13. The van der Waals surface area contributed by atoms with Gasteiger partial charge in [-0.15, -0.1) is 0 Å². The standard InChI is InChI=1S/C21H25NO3/c1-5-15-8-7-9-16(6-2)21(15)22-13-12-18(23)17-10-11-19(24-3)20(14-17)25-4/h7-14,22H,5-6H2,1-4H3. The van der Waals surface area contributed by atoms with E-state index in [9.17, 15) is 4.79 Å². The van der Waals surface area contributed by atoms with Crippen LogP contribution in [0, 0.1) is 0 Å². The van der Waals surface area contributed by atoms with E-state index in [0.29, 0.717) is 17.1 Å². The number of carbonyl (C=O) groups excluding carboxylic acids is 1. The van der Waals surface area contributed by atoms with Gasteiger partial charge in [0, 0.05) is 23.5 Å². The van der Waals surface area contributed by atoms with Crippen molar-refractivity contribution in [3.63, 3.8) is 0 Å². The maximum atomic E-state index is 12.4. The Balaban J connectivity index is 2.17. The molecule has 0 atom stereocenters. The van der Waals surface area contributed by atoms with Gasteiger partial charge >= 0.3 is 0 Å². The predicted molar refractivity (Wildman–Crippen MR) is 102 cm³/mol. The average molecular weight is 339 g/mol. The minimum atomic E-state index is -0.0968. The van der Waals surface area contributed by atoms with Gasteiger partial charge in [-0.2, -0.15) is 0 Å². The van der Waals surface area contributed by atoms with Crippen molar-refractivity contribution in [1.82, 2.24) is 0 Å². The van der Waals surface area contributed by atoms with E-state index in [1.807, 2.05) is 0 Å². The Labute approximate surface area is 149 Å². The molecule has 0 unspecified atom stereocenters. The number of rotatable bonds is 8. The third-order valence-electron chi connectivity index (χ3n) is 4.13. The molecule has 0 bridgehead atoms. The maximum Gasteiger partial charge on any atom is 0.187 e. The maximum absolute atomic E-state index is 12.4. The second-order valence-electron chi connectivity index (χ2n) is 5.57. The molecule has 0 fully saturated rings. The highest BCUT2D eigenvalue weighted by atomic mass is 16.5. The van der Waals surface area contributed by atoms with E-state index < -0.39 is 0 Å². The zero-order valence-electron chi connectivity index (χ0n) is 15.3. The molecule has 0 amide bonds. The Morgan fingerprint density at radius 2 is 1.64 bits per heavy atom. The molecule has 0 radical (unpaired) electrons. The van der Waals surface area contributed by atoms with Crippen molar-refractivity contribution in [2.45, 2.75) is 26.7 Å². The van der Waals surface area contributed by atoms with Crippen LogP contribution in [-0.4, -0.2) is 20.0 Å². The first kappa shape index (κ1) is 18.6. The van der Waals surface area contributed by atoms with Crippen LogP contribution in [0.1, 0.15) is 35.3 Å². The van der Waals surface area contributed by atoms with Gasteiger partial charge in [-0.25, -0.2) is 0 Å². The summed E-state index contributed by atoms with van der Waals surface area (Å²) in [7, 11) is 3.12. The Morgan fingerprint density at radius 3 is 2.20 bits per heavy atom. The van der Waals surface area contributed by atoms with Crippen molar-refractivity contribution >= 4 is 11.5 Å². The van der Waals surface area contributed by atoms with E-state index in [-0.39, 0.29) is 5.78 Å². The van der Waals surface area contributed by atoms with Crippen LogP contribution >= 0.6 is 0 Å². The molecule has 0 spiro atoms. The highest BCUT2D eigenvalue weighted by Crippen LogP contribution is 2.28. The van der Waals surface area contributed by atoms with Crippen molar-refractivity contribution < 1.29 is 14.3 Å². The molecular weight excluding hydrogens is 314 g/mol.